The first-order chi connectivity index (χ1) is 6.70. The maximum absolute atomic E-state index is 5.97. The first kappa shape index (κ1) is 10.4. The molecule has 0 aromatic heterocycles. The number of ether oxygens (including phenoxy) is 1. The van der Waals surface area contributed by atoms with Crippen LogP contribution >= 0.6 is 0 Å². The zero-order valence-electron chi connectivity index (χ0n) is 9.51. The molecule has 82 valence electrons. The summed E-state index contributed by atoms with van der Waals surface area (Å²) in [5.74, 6) is 0.798. The van der Waals surface area contributed by atoms with Crippen LogP contribution in [0.3, 0.4) is 0 Å². The summed E-state index contributed by atoms with van der Waals surface area (Å²) in [6.07, 6.45) is 7.42. The molecule has 2 rings (SSSR count). The molecule has 1 N–H and O–H groups in total. The van der Waals surface area contributed by atoms with Gasteiger partial charge in [0.25, 0.3) is 0 Å². The summed E-state index contributed by atoms with van der Waals surface area (Å²) in [7, 11) is 0. The number of hydrogen-bond donors (Lipinski definition) is 1. The first-order valence-electron chi connectivity index (χ1n) is 6.07. The highest BCUT2D eigenvalue weighted by Crippen LogP contribution is 2.33. The van der Waals surface area contributed by atoms with Crippen LogP contribution in [-0.2, 0) is 4.74 Å². The normalized spacial score (nSPS) is 34.3. The van der Waals surface area contributed by atoms with Crippen molar-refractivity contribution < 1.29 is 4.74 Å². The van der Waals surface area contributed by atoms with Crippen LogP contribution in [0.1, 0.15) is 46.0 Å². The zero-order chi connectivity index (χ0) is 10.0. The molecule has 0 aromatic rings. The van der Waals surface area contributed by atoms with Crippen molar-refractivity contribution in [3.8, 4) is 0 Å². The molecule has 0 bridgehead atoms. The van der Waals surface area contributed by atoms with Crippen LogP contribution in [0.4, 0.5) is 0 Å². The summed E-state index contributed by atoms with van der Waals surface area (Å²) >= 11 is 0. The molecule has 1 aliphatic heterocycles. The molecule has 1 saturated carbocycles. The van der Waals surface area contributed by atoms with Gasteiger partial charge in [-0.3, -0.25) is 0 Å². The predicted octanol–water partition coefficient (Wildman–Crippen LogP) is 2.33. The van der Waals surface area contributed by atoms with Crippen molar-refractivity contribution >= 4 is 0 Å². The fourth-order valence-corrected chi connectivity index (χ4v) is 3.03. The minimum Gasteiger partial charge on any atom is -0.375 e. The predicted molar refractivity (Wildman–Crippen MR) is 58.4 cm³/mol. The van der Waals surface area contributed by atoms with E-state index in [0.29, 0.717) is 6.10 Å². The molecule has 1 aliphatic carbocycles. The summed E-state index contributed by atoms with van der Waals surface area (Å²) in [4.78, 5) is 0. The molecular weight excluding hydrogens is 174 g/mol. The van der Waals surface area contributed by atoms with Crippen molar-refractivity contribution in [2.75, 3.05) is 13.2 Å². The SMILES string of the molecule is CC1(C)NCCOC1C1CCCCC1. The van der Waals surface area contributed by atoms with Crippen LogP contribution in [0.15, 0.2) is 0 Å². The third-order valence-electron chi connectivity index (χ3n) is 3.77. The third-order valence-corrected chi connectivity index (χ3v) is 3.77. The second kappa shape index (κ2) is 4.19. The molecule has 2 heteroatoms. The van der Waals surface area contributed by atoms with Crippen LogP contribution in [-0.4, -0.2) is 24.8 Å². The standard InChI is InChI=1S/C12H23NO/c1-12(2)11(14-9-8-13-12)10-6-4-3-5-7-10/h10-11,13H,3-9H2,1-2H3. The van der Waals surface area contributed by atoms with Gasteiger partial charge in [0.1, 0.15) is 0 Å². The summed E-state index contributed by atoms with van der Waals surface area (Å²) in [6.45, 7) is 6.47. The Hall–Kier alpha value is -0.0800. The lowest BCUT2D eigenvalue weighted by Gasteiger charge is -2.44. The van der Waals surface area contributed by atoms with Crippen molar-refractivity contribution in [1.29, 1.82) is 0 Å². The Labute approximate surface area is 87.4 Å². The van der Waals surface area contributed by atoms with E-state index in [4.69, 9.17) is 4.74 Å². The molecule has 1 unspecified atom stereocenters. The van der Waals surface area contributed by atoms with E-state index in [9.17, 15) is 0 Å². The fourth-order valence-electron chi connectivity index (χ4n) is 3.03. The van der Waals surface area contributed by atoms with Crippen molar-refractivity contribution in [2.24, 2.45) is 5.92 Å². The first-order valence-corrected chi connectivity index (χ1v) is 6.07. The molecular formula is C12H23NO. The van der Waals surface area contributed by atoms with Gasteiger partial charge in [0.05, 0.1) is 12.7 Å². The monoisotopic (exact) mass is 197 g/mol. The molecule has 1 atom stereocenters. The molecule has 0 amide bonds. The second-order valence-electron chi connectivity index (χ2n) is 5.34. The van der Waals surface area contributed by atoms with Crippen LogP contribution in [0, 0.1) is 5.92 Å². The summed E-state index contributed by atoms with van der Waals surface area (Å²) in [5.41, 5.74) is 0.181. The van der Waals surface area contributed by atoms with E-state index in [1.807, 2.05) is 0 Å². The van der Waals surface area contributed by atoms with E-state index >= 15 is 0 Å². The minimum atomic E-state index is 0.181. The molecule has 1 saturated heterocycles. The van der Waals surface area contributed by atoms with Gasteiger partial charge in [-0.25, -0.2) is 0 Å². The molecule has 0 aromatic carbocycles. The van der Waals surface area contributed by atoms with Crippen molar-refractivity contribution in [3.63, 3.8) is 0 Å². The third kappa shape index (κ3) is 2.12. The zero-order valence-corrected chi connectivity index (χ0v) is 9.51. The van der Waals surface area contributed by atoms with Crippen LogP contribution < -0.4 is 5.32 Å². The highest BCUT2D eigenvalue weighted by Gasteiger charge is 2.38. The van der Waals surface area contributed by atoms with Crippen molar-refractivity contribution in [1.82, 2.24) is 5.32 Å². The number of morpholine rings is 1. The smallest absolute Gasteiger partial charge is 0.0779 e. The number of rotatable bonds is 1. The van der Waals surface area contributed by atoms with E-state index in [-0.39, 0.29) is 5.54 Å². The Kier molecular flexibility index (Phi) is 3.13. The Balaban J connectivity index is 1.99. The average molecular weight is 197 g/mol. The van der Waals surface area contributed by atoms with E-state index in [0.717, 1.165) is 19.1 Å². The van der Waals surface area contributed by atoms with Gasteiger partial charge in [-0.15, -0.1) is 0 Å². The molecule has 2 fully saturated rings. The maximum Gasteiger partial charge on any atom is 0.0779 e. The van der Waals surface area contributed by atoms with E-state index in [2.05, 4.69) is 19.2 Å². The van der Waals surface area contributed by atoms with Gasteiger partial charge in [0.15, 0.2) is 0 Å². The molecule has 1 heterocycles. The lowest BCUT2D eigenvalue weighted by Crippen LogP contribution is -2.59. The lowest BCUT2D eigenvalue weighted by molar-refractivity contribution is -0.0774. The molecule has 14 heavy (non-hydrogen) atoms. The lowest BCUT2D eigenvalue weighted by atomic mass is 9.77. The Morgan fingerprint density at radius 3 is 2.50 bits per heavy atom. The Morgan fingerprint density at radius 1 is 1.14 bits per heavy atom. The topological polar surface area (TPSA) is 21.3 Å². The molecule has 0 spiro atoms. The van der Waals surface area contributed by atoms with Crippen molar-refractivity contribution in [3.05, 3.63) is 0 Å². The molecule has 2 aliphatic rings. The van der Waals surface area contributed by atoms with Gasteiger partial charge < -0.3 is 10.1 Å². The second-order valence-corrected chi connectivity index (χ2v) is 5.34. The van der Waals surface area contributed by atoms with Crippen molar-refractivity contribution in [2.45, 2.75) is 57.6 Å². The maximum atomic E-state index is 5.97. The summed E-state index contributed by atoms with van der Waals surface area (Å²) < 4.78 is 5.97. The van der Waals surface area contributed by atoms with E-state index in [1.165, 1.54) is 32.1 Å². The highest BCUT2D eigenvalue weighted by atomic mass is 16.5. The van der Waals surface area contributed by atoms with Gasteiger partial charge >= 0.3 is 0 Å². The summed E-state index contributed by atoms with van der Waals surface area (Å²) in [5, 5.41) is 3.58. The van der Waals surface area contributed by atoms with Gasteiger partial charge in [0, 0.05) is 12.1 Å². The van der Waals surface area contributed by atoms with Crippen LogP contribution in [0.2, 0.25) is 0 Å². The Morgan fingerprint density at radius 2 is 1.86 bits per heavy atom. The Bertz CT molecular complexity index is 185. The number of hydrogen-bond acceptors (Lipinski definition) is 2. The van der Waals surface area contributed by atoms with Crippen LogP contribution in [0.25, 0.3) is 0 Å². The van der Waals surface area contributed by atoms with Gasteiger partial charge in [-0.2, -0.15) is 0 Å². The quantitative estimate of drug-likeness (QED) is 0.696. The number of nitrogens with one attached hydrogen (secondary N) is 1. The summed E-state index contributed by atoms with van der Waals surface area (Å²) in [6, 6.07) is 0. The van der Waals surface area contributed by atoms with E-state index in [1.54, 1.807) is 0 Å². The van der Waals surface area contributed by atoms with Gasteiger partial charge in [-0.05, 0) is 32.6 Å². The fraction of sp³-hybridized carbons (Fsp3) is 1.00. The van der Waals surface area contributed by atoms with E-state index < -0.39 is 0 Å². The van der Waals surface area contributed by atoms with Crippen LogP contribution in [0.5, 0.6) is 0 Å². The highest BCUT2D eigenvalue weighted by molar-refractivity contribution is 4.94. The average Bonchev–Trinajstić information content (AvgIpc) is 2.18. The largest absolute Gasteiger partial charge is 0.375 e. The minimum absolute atomic E-state index is 0.181. The van der Waals surface area contributed by atoms with Gasteiger partial charge in [0.2, 0.25) is 0 Å². The molecule has 2 nitrogen and oxygen atoms in total. The molecule has 0 radical (unpaired) electrons. The van der Waals surface area contributed by atoms with Gasteiger partial charge in [-0.1, -0.05) is 19.3 Å².